The molecule has 106 valence electrons. The van der Waals surface area contributed by atoms with Crippen LogP contribution in [0, 0.1) is 11.7 Å². The summed E-state index contributed by atoms with van der Waals surface area (Å²) in [6.07, 6.45) is 0.547. The first kappa shape index (κ1) is 15.9. The number of carbonyl (C=O) groups is 1. The van der Waals surface area contributed by atoms with Gasteiger partial charge in [0.2, 0.25) is 0 Å². The van der Waals surface area contributed by atoms with Crippen molar-refractivity contribution >= 4 is 17.5 Å². The Labute approximate surface area is 117 Å². The number of hydrogen-bond acceptors (Lipinski definition) is 2. The predicted octanol–water partition coefficient (Wildman–Crippen LogP) is 3.01. The Hall–Kier alpha value is -1.13. The van der Waals surface area contributed by atoms with E-state index in [2.05, 4.69) is 5.32 Å². The number of halogens is 2. The Morgan fingerprint density at radius 3 is 2.74 bits per heavy atom. The van der Waals surface area contributed by atoms with Crippen LogP contribution in [0.1, 0.15) is 37.6 Å². The summed E-state index contributed by atoms with van der Waals surface area (Å²) in [6.45, 7) is 5.66. The number of amides is 1. The van der Waals surface area contributed by atoms with E-state index in [1.807, 2.05) is 13.8 Å². The van der Waals surface area contributed by atoms with Crippen molar-refractivity contribution in [2.45, 2.75) is 32.8 Å². The molecule has 1 atom stereocenters. The molecule has 3 nitrogen and oxygen atoms in total. The summed E-state index contributed by atoms with van der Waals surface area (Å²) >= 11 is 5.72. The minimum Gasteiger partial charge on any atom is -0.388 e. The second-order valence-electron chi connectivity index (χ2n) is 5.40. The number of hydrogen-bond donors (Lipinski definition) is 2. The zero-order valence-electron chi connectivity index (χ0n) is 11.3. The van der Waals surface area contributed by atoms with Crippen molar-refractivity contribution in [3.05, 3.63) is 34.6 Å². The molecule has 1 rings (SSSR count). The van der Waals surface area contributed by atoms with E-state index in [-0.39, 0.29) is 12.1 Å². The van der Waals surface area contributed by atoms with E-state index in [4.69, 9.17) is 11.6 Å². The van der Waals surface area contributed by atoms with Crippen molar-refractivity contribution in [1.82, 2.24) is 5.32 Å². The summed E-state index contributed by atoms with van der Waals surface area (Å²) in [6, 6.07) is 3.79. The van der Waals surface area contributed by atoms with Gasteiger partial charge < -0.3 is 10.4 Å². The van der Waals surface area contributed by atoms with Crippen LogP contribution in [0.25, 0.3) is 0 Å². The molecule has 1 aromatic carbocycles. The Bertz CT molecular complexity index is 461. The molecular formula is C14H19ClFNO2. The molecule has 0 spiro atoms. The van der Waals surface area contributed by atoms with Crippen LogP contribution in [0.5, 0.6) is 0 Å². The molecule has 1 amide bonds. The molecule has 0 saturated heterocycles. The molecule has 1 aromatic rings. The van der Waals surface area contributed by atoms with Gasteiger partial charge in [0.15, 0.2) is 0 Å². The van der Waals surface area contributed by atoms with Gasteiger partial charge in [-0.15, -0.1) is 0 Å². The summed E-state index contributed by atoms with van der Waals surface area (Å²) in [5.74, 6) is -0.913. The van der Waals surface area contributed by atoms with E-state index < -0.39 is 17.3 Å². The first-order valence-corrected chi connectivity index (χ1v) is 6.55. The highest BCUT2D eigenvalue weighted by Crippen LogP contribution is 2.17. The van der Waals surface area contributed by atoms with Gasteiger partial charge in [-0.25, -0.2) is 4.39 Å². The smallest absolute Gasteiger partial charge is 0.254 e. The zero-order chi connectivity index (χ0) is 14.6. The maximum Gasteiger partial charge on any atom is 0.254 e. The average molecular weight is 288 g/mol. The van der Waals surface area contributed by atoms with E-state index in [1.54, 1.807) is 6.92 Å². The number of benzene rings is 1. The van der Waals surface area contributed by atoms with Crippen molar-refractivity contribution in [2.75, 3.05) is 6.54 Å². The SMILES string of the molecule is CC(C)CC(C)(O)CNC(=O)c1cc(Cl)ccc1F. The van der Waals surface area contributed by atoms with Crippen LogP contribution >= 0.6 is 11.6 Å². The highest BCUT2D eigenvalue weighted by atomic mass is 35.5. The number of aliphatic hydroxyl groups is 1. The minimum absolute atomic E-state index is 0.0654. The van der Waals surface area contributed by atoms with Gasteiger partial charge in [0, 0.05) is 11.6 Å². The predicted molar refractivity (Wildman–Crippen MR) is 73.8 cm³/mol. The summed E-state index contributed by atoms with van der Waals surface area (Å²) in [5, 5.41) is 12.9. The molecule has 0 bridgehead atoms. The van der Waals surface area contributed by atoms with Gasteiger partial charge in [0.1, 0.15) is 5.82 Å². The van der Waals surface area contributed by atoms with Crippen molar-refractivity contribution in [2.24, 2.45) is 5.92 Å². The van der Waals surface area contributed by atoms with Crippen LogP contribution in [0.2, 0.25) is 5.02 Å². The molecule has 0 aromatic heterocycles. The first-order valence-electron chi connectivity index (χ1n) is 6.17. The standard InChI is InChI=1S/C14H19ClFNO2/c1-9(2)7-14(3,19)8-17-13(18)11-6-10(15)4-5-12(11)16/h4-6,9,19H,7-8H2,1-3H3,(H,17,18). The number of nitrogens with one attached hydrogen (secondary N) is 1. The van der Waals surface area contributed by atoms with E-state index in [9.17, 15) is 14.3 Å². The van der Waals surface area contributed by atoms with Crippen LogP contribution in [-0.2, 0) is 0 Å². The Balaban J connectivity index is 2.68. The van der Waals surface area contributed by atoms with Gasteiger partial charge in [-0.05, 0) is 37.5 Å². The normalized spacial score (nSPS) is 14.3. The largest absolute Gasteiger partial charge is 0.388 e. The van der Waals surface area contributed by atoms with Crippen molar-refractivity contribution in [3.63, 3.8) is 0 Å². The van der Waals surface area contributed by atoms with Crippen LogP contribution in [0.15, 0.2) is 18.2 Å². The molecule has 2 N–H and O–H groups in total. The molecule has 0 aliphatic rings. The monoisotopic (exact) mass is 287 g/mol. The second-order valence-corrected chi connectivity index (χ2v) is 5.84. The van der Waals surface area contributed by atoms with E-state index >= 15 is 0 Å². The fraction of sp³-hybridized carbons (Fsp3) is 0.500. The van der Waals surface area contributed by atoms with Crippen molar-refractivity contribution in [1.29, 1.82) is 0 Å². The van der Waals surface area contributed by atoms with Crippen LogP contribution in [0.3, 0.4) is 0 Å². The third-order valence-corrected chi connectivity index (χ3v) is 2.89. The lowest BCUT2D eigenvalue weighted by Crippen LogP contribution is -2.41. The molecule has 0 saturated carbocycles. The van der Waals surface area contributed by atoms with Gasteiger partial charge in [-0.1, -0.05) is 25.4 Å². The quantitative estimate of drug-likeness (QED) is 0.875. The maximum absolute atomic E-state index is 13.5. The molecule has 0 heterocycles. The van der Waals surface area contributed by atoms with Crippen LogP contribution in [0.4, 0.5) is 4.39 Å². The van der Waals surface area contributed by atoms with E-state index in [0.29, 0.717) is 17.4 Å². The molecule has 0 fully saturated rings. The molecule has 0 aliphatic heterocycles. The average Bonchev–Trinajstić information content (AvgIpc) is 2.27. The lowest BCUT2D eigenvalue weighted by atomic mass is 9.94. The highest BCUT2D eigenvalue weighted by molar-refractivity contribution is 6.30. The topological polar surface area (TPSA) is 49.3 Å². The van der Waals surface area contributed by atoms with Gasteiger partial charge in [0.25, 0.3) is 5.91 Å². The molecule has 0 radical (unpaired) electrons. The van der Waals surface area contributed by atoms with Gasteiger partial charge >= 0.3 is 0 Å². The highest BCUT2D eigenvalue weighted by Gasteiger charge is 2.23. The van der Waals surface area contributed by atoms with Crippen molar-refractivity contribution in [3.8, 4) is 0 Å². The van der Waals surface area contributed by atoms with Crippen LogP contribution < -0.4 is 5.32 Å². The second kappa shape index (κ2) is 6.35. The summed E-state index contributed by atoms with van der Waals surface area (Å²) in [5.41, 5.74) is -1.13. The van der Waals surface area contributed by atoms with Gasteiger partial charge in [0.05, 0.1) is 11.2 Å². The lowest BCUT2D eigenvalue weighted by Gasteiger charge is -2.25. The maximum atomic E-state index is 13.5. The third kappa shape index (κ3) is 5.17. The van der Waals surface area contributed by atoms with Crippen LogP contribution in [-0.4, -0.2) is 23.2 Å². The Kier molecular flexibility index (Phi) is 5.32. The lowest BCUT2D eigenvalue weighted by molar-refractivity contribution is 0.0367. The molecular weight excluding hydrogens is 269 g/mol. The minimum atomic E-state index is -1.02. The molecule has 5 heteroatoms. The third-order valence-electron chi connectivity index (χ3n) is 2.65. The summed E-state index contributed by atoms with van der Waals surface area (Å²) in [4.78, 5) is 11.8. The zero-order valence-corrected chi connectivity index (χ0v) is 12.1. The fourth-order valence-electron chi connectivity index (χ4n) is 1.99. The first-order chi connectivity index (χ1) is 8.71. The molecule has 0 aliphatic carbocycles. The Morgan fingerprint density at radius 1 is 1.53 bits per heavy atom. The summed E-state index contributed by atoms with van der Waals surface area (Å²) < 4.78 is 13.5. The van der Waals surface area contributed by atoms with Gasteiger partial charge in [-0.2, -0.15) is 0 Å². The van der Waals surface area contributed by atoms with Gasteiger partial charge in [-0.3, -0.25) is 4.79 Å². The number of carbonyl (C=O) groups excluding carboxylic acids is 1. The van der Waals surface area contributed by atoms with E-state index in [0.717, 1.165) is 6.07 Å². The molecule has 19 heavy (non-hydrogen) atoms. The Morgan fingerprint density at radius 2 is 2.16 bits per heavy atom. The fourth-order valence-corrected chi connectivity index (χ4v) is 2.16. The van der Waals surface area contributed by atoms with Crippen molar-refractivity contribution < 1.29 is 14.3 Å². The number of rotatable bonds is 5. The molecule has 1 unspecified atom stereocenters. The summed E-state index contributed by atoms with van der Waals surface area (Å²) in [7, 11) is 0. The van der Waals surface area contributed by atoms with E-state index in [1.165, 1.54) is 12.1 Å².